The zero-order valence-corrected chi connectivity index (χ0v) is 20.5. The summed E-state index contributed by atoms with van der Waals surface area (Å²) in [4.78, 5) is 24.1. The molecule has 0 saturated carbocycles. The van der Waals surface area contributed by atoms with Gasteiger partial charge in [-0.1, -0.05) is 63.4 Å². The first-order valence-corrected chi connectivity index (χ1v) is 11.5. The number of amides is 2. The van der Waals surface area contributed by atoms with Gasteiger partial charge in [-0.3, -0.25) is 9.59 Å². The largest absolute Gasteiger partial charge is 0.488 e. The van der Waals surface area contributed by atoms with Gasteiger partial charge in [0.1, 0.15) is 12.4 Å². The van der Waals surface area contributed by atoms with Gasteiger partial charge >= 0.3 is 0 Å². The Hall–Kier alpha value is -2.87. The number of hydrogen-bond acceptors (Lipinski definition) is 4. The van der Waals surface area contributed by atoms with Gasteiger partial charge in [0.2, 0.25) is 11.8 Å². The SMILES string of the molecule is O=C(CCC(=O)Nc1cccc(Cl)c1)NN=Cc1cc(Br)ccc1OCc1ccccc1Cl. The summed E-state index contributed by atoms with van der Waals surface area (Å²) >= 11 is 15.5. The molecule has 2 amide bonds. The van der Waals surface area contributed by atoms with Crippen molar-refractivity contribution in [1.29, 1.82) is 0 Å². The van der Waals surface area contributed by atoms with Crippen molar-refractivity contribution in [2.75, 3.05) is 5.32 Å². The van der Waals surface area contributed by atoms with Crippen LogP contribution in [0.15, 0.2) is 76.3 Å². The Kier molecular flexibility index (Phi) is 9.30. The van der Waals surface area contributed by atoms with E-state index in [1.165, 1.54) is 6.21 Å². The van der Waals surface area contributed by atoms with Gasteiger partial charge in [0, 0.05) is 44.2 Å². The summed E-state index contributed by atoms with van der Waals surface area (Å²) in [5, 5.41) is 7.82. The smallest absolute Gasteiger partial charge is 0.240 e. The van der Waals surface area contributed by atoms with E-state index in [1.54, 1.807) is 36.4 Å². The monoisotopic (exact) mass is 547 g/mol. The van der Waals surface area contributed by atoms with Crippen LogP contribution in [0.3, 0.4) is 0 Å². The van der Waals surface area contributed by atoms with E-state index in [4.69, 9.17) is 27.9 Å². The van der Waals surface area contributed by atoms with Crippen LogP contribution in [-0.2, 0) is 16.2 Å². The molecule has 3 aromatic rings. The maximum absolute atomic E-state index is 12.1. The van der Waals surface area contributed by atoms with E-state index in [0.29, 0.717) is 27.0 Å². The zero-order valence-electron chi connectivity index (χ0n) is 17.4. The van der Waals surface area contributed by atoms with Crippen molar-refractivity contribution < 1.29 is 14.3 Å². The molecule has 0 aliphatic carbocycles. The van der Waals surface area contributed by atoms with Gasteiger partial charge in [-0.15, -0.1) is 0 Å². The standard InChI is InChI=1S/C24H20BrCl2N3O3/c25-18-8-9-22(33-15-16-4-1-2-7-21(16)27)17(12-18)14-28-30-24(32)11-10-23(31)29-20-6-3-5-19(26)13-20/h1-9,12-14H,10-11,15H2,(H,29,31)(H,30,32). The first-order chi connectivity index (χ1) is 15.9. The highest BCUT2D eigenvalue weighted by Crippen LogP contribution is 2.24. The first kappa shape index (κ1) is 24.8. The fourth-order valence-corrected chi connectivity index (χ4v) is 3.53. The van der Waals surface area contributed by atoms with Crippen LogP contribution in [0, 0.1) is 0 Å². The molecule has 0 unspecified atom stereocenters. The average molecular weight is 549 g/mol. The fourth-order valence-electron chi connectivity index (χ4n) is 2.77. The van der Waals surface area contributed by atoms with Crippen molar-refractivity contribution in [2.24, 2.45) is 5.10 Å². The molecule has 0 radical (unpaired) electrons. The van der Waals surface area contributed by atoms with Gasteiger partial charge in [-0.05, 0) is 42.5 Å². The fraction of sp³-hybridized carbons (Fsp3) is 0.125. The number of halogens is 3. The zero-order chi connectivity index (χ0) is 23.6. The van der Waals surface area contributed by atoms with Crippen molar-refractivity contribution in [3.05, 3.63) is 92.4 Å². The lowest BCUT2D eigenvalue weighted by Crippen LogP contribution is -2.20. The number of ether oxygens (including phenoxy) is 1. The lowest BCUT2D eigenvalue weighted by Gasteiger charge is -2.10. The molecule has 3 rings (SSSR count). The number of carbonyl (C=O) groups is 2. The van der Waals surface area contributed by atoms with E-state index in [0.717, 1.165) is 10.0 Å². The molecule has 0 saturated heterocycles. The number of benzene rings is 3. The molecule has 9 heteroatoms. The Morgan fingerprint density at radius 3 is 2.55 bits per heavy atom. The van der Waals surface area contributed by atoms with Gasteiger partial charge in [0.05, 0.1) is 6.21 Å². The molecule has 3 aromatic carbocycles. The Morgan fingerprint density at radius 2 is 1.76 bits per heavy atom. The molecule has 2 N–H and O–H groups in total. The highest BCUT2D eigenvalue weighted by atomic mass is 79.9. The molecular formula is C24H20BrCl2N3O3. The van der Waals surface area contributed by atoms with Gasteiger partial charge in [-0.2, -0.15) is 5.10 Å². The average Bonchev–Trinajstić information content (AvgIpc) is 2.78. The topological polar surface area (TPSA) is 79.8 Å². The molecule has 170 valence electrons. The van der Waals surface area contributed by atoms with Crippen LogP contribution in [0.2, 0.25) is 10.0 Å². The van der Waals surface area contributed by atoms with E-state index >= 15 is 0 Å². The van der Waals surface area contributed by atoms with Crippen LogP contribution in [0.1, 0.15) is 24.0 Å². The molecule has 0 aliphatic heterocycles. The van der Waals surface area contributed by atoms with Gasteiger partial charge < -0.3 is 10.1 Å². The molecular weight excluding hydrogens is 529 g/mol. The number of rotatable bonds is 9. The van der Waals surface area contributed by atoms with Crippen molar-refractivity contribution in [3.8, 4) is 5.75 Å². The van der Waals surface area contributed by atoms with E-state index < -0.39 is 0 Å². The molecule has 6 nitrogen and oxygen atoms in total. The Bertz CT molecular complexity index is 1170. The summed E-state index contributed by atoms with van der Waals surface area (Å²) in [7, 11) is 0. The number of carbonyl (C=O) groups excluding carboxylic acids is 2. The Balaban J connectivity index is 1.51. The van der Waals surface area contributed by atoms with Crippen LogP contribution in [-0.4, -0.2) is 18.0 Å². The molecule has 0 bridgehead atoms. The lowest BCUT2D eigenvalue weighted by atomic mass is 10.2. The number of hydrazone groups is 1. The number of anilines is 1. The summed E-state index contributed by atoms with van der Waals surface area (Å²) in [6.07, 6.45) is 1.48. The third kappa shape index (κ3) is 8.20. The lowest BCUT2D eigenvalue weighted by molar-refractivity contribution is -0.124. The minimum atomic E-state index is -0.388. The maximum atomic E-state index is 12.1. The predicted octanol–water partition coefficient (Wildman–Crippen LogP) is 6.20. The third-order valence-corrected chi connectivity index (χ3v) is 5.49. The van der Waals surface area contributed by atoms with Crippen LogP contribution < -0.4 is 15.5 Å². The van der Waals surface area contributed by atoms with E-state index in [1.807, 2.05) is 30.3 Å². The summed E-state index contributed by atoms with van der Waals surface area (Å²) in [5.41, 5.74) is 4.52. The molecule has 0 fully saturated rings. The summed E-state index contributed by atoms with van der Waals surface area (Å²) in [6.45, 7) is 0.288. The second kappa shape index (κ2) is 12.4. The van der Waals surface area contributed by atoms with Gasteiger partial charge in [0.25, 0.3) is 0 Å². The Morgan fingerprint density at radius 1 is 0.970 bits per heavy atom. The summed E-state index contributed by atoms with van der Waals surface area (Å²) < 4.78 is 6.72. The molecule has 0 heterocycles. The van der Waals surface area contributed by atoms with Crippen LogP contribution in [0.4, 0.5) is 5.69 Å². The summed E-state index contributed by atoms with van der Waals surface area (Å²) in [6, 6.07) is 19.7. The molecule has 0 aliphatic rings. The molecule has 0 atom stereocenters. The van der Waals surface area contributed by atoms with Crippen LogP contribution in [0.25, 0.3) is 0 Å². The van der Waals surface area contributed by atoms with E-state index in [9.17, 15) is 9.59 Å². The quantitative estimate of drug-likeness (QED) is 0.246. The normalized spacial score (nSPS) is 10.8. The third-order valence-electron chi connectivity index (χ3n) is 4.39. The second-order valence-electron chi connectivity index (χ2n) is 6.91. The van der Waals surface area contributed by atoms with Crippen LogP contribution >= 0.6 is 39.1 Å². The molecule has 33 heavy (non-hydrogen) atoms. The van der Waals surface area contributed by atoms with Crippen molar-refractivity contribution in [3.63, 3.8) is 0 Å². The first-order valence-electron chi connectivity index (χ1n) is 9.94. The van der Waals surface area contributed by atoms with Crippen molar-refractivity contribution in [1.82, 2.24) is 5.43 Å². The minimum absolute atomic E-state index is 0.0109. The number of hydrogen-bond donors (Lipinski definition) is 2. The molecule has 0 aromatic heterocycles. The number of nitrogens with one attached hydrogen (secondary N) is 2. The second-order valence-corrected chi connectivity index (χ2v) is 8.67. The van der Waals surface area contributed by atoms with Gasteiger partial charge in [-0.25, -0.2) is 5.43 Å². The van der Waals surface area contributed by atoms with E-state index in [-0.39, 0.29) is 31.3 Å². The van der Waals surface area contributed by atoms with Crippen molar-refractivity contribution in [2.45, 2.75) is 19.4 Å². The highest BCUT2D eigenvalue weighted by molar-refractivity contribution is 9.10. The molecule has 0 spiro atoms. The van der Waals surface area contributed by atoms with Gasteiger partial charge in [0.15, 0.2) is 0 Å². The summed E-state index contributed by atoms with van der Waals surface area (Å²) in [5.74, 6) is -0.100. The van der Waals surface area contributed by atoms with Crippen molar-refractivity contribution >= 4 is 62.8 Å². The maximum Gasteiger partial charge on any atom is 0.240 e. The highest BCUT2D eigenvalue weighted by Gasteiger charge is 2.08. The van der Waals surface area contributed by atoms with E-state index in [2.05, 4.69) is 31.8 Å². The minimum Gasteiger partial charge on any atom is -0.488 e. The number of nitrogens with zero attached hydrogens (tertiary/aromatic N) is 1. The Labute approximate surface area is 210 Å². The van der Waals surface area contributed by atoms with Crippen LogP contribution in [0.5, 0.6) is 5.75 Å². The predicted molar refractivity (Wildman–Crippen MR) is 135 cm³/mol.